The lowest BCUT2D eigenvalue weighted by Gasteiger charge is -2.17. The van der Waals surface area contributed by atoms with Gasteiger partial charge in [-0.1, -0.05) is 27.5 Å². The molecule has 0 radical (unpaired) electrons. The van der Waals surface area contributed by atoms with Crippen LogP contribution in [0.3, 0.4) is 0 Å². The number of sulfonamides is 1. The lowest BCUT2D eigenvalue weighted by atomic mass is 10.3. The van der Waals surface area contributed by atoms with Gasteiger partial charge in [0.15, 0.2) is 0 Å². The van der Waals surface area contributed by atoms with Gasteiger partial charge in [-0.3, -0.25) is 4.79 Å². The molecule has 1 atom stereocenters. The minimum atomic E-state index is -3.70. The third-order valence-electron chi connectivity index (χ3n) is 2.71. The van der Waals surface area contributed by atoms with Crippen LogP contribution in [0.1, 0.15) is 6.42 Å². The van der Waals surface area contributed by atoms with E-state index in [9.17, 15) is 13.2 Å². The fourth-order valence-corrected chi connectivity index (χ4v) is 3.41. The Balaban J connectivity index is 2.32. The molecule has 1 saturated heterocycles. The van der Waals surface area contributed by atoms with E-state index in [1.807, 2.05) is 0 Å². The van der Waals surface area contributed by atoms with Crippen molar-refractivity contribution in [3.05, 3.63) is 27.7 Å². The van der Waals surface area contributed by atoms with Crippen LogP contribution >= 0.6 is 27.5 Å². The first-order chi connectivity index (χ1) is 8.27. The van der Waals surface area contributed by atoms with E-state index in [-0.39, 0.29) is 18.9 Å². The maximum absolute atomic E-state index is 11.8. The normalized spacial score (nSPS) is 20.5. The van der Waals surface area contributed by atoms with Crippen molar-refractivity contribution in [1.82, 2.24) is 0 Å². The highest BCUT2D eigenvalue weighted by atomic mass is 79.9. The summed E-state index contributed by atoms with van der Waals surface area (Å²) in [5, 5.41) is 4.67. The first-order valence-corrected chi connectivity index (χ1v) is 7.83. The van der Waals surface area contributed by atoms with Gasteiger partial charge >= 0.3 is 0 Å². The second-order valence-corrected chi connectivity index (χ2v) is 7.24. The van der Waals surface area contributed by atoms with Crippen LogP contribution in [0.5, 0.6) is 0 Å². The average molecular weight is 354 g/mol. The van der Waals surface area contributed by atoms with Crippen LogP contribution in [-0.4, -0.2) is 26.1 Å². The van der Waals surface area contributed by atoms with E-state index < -0.39 is 15.3 Å². The largest absolute Gasteiger partial charge is 0.311 e. The molecule has 1 aliphatic heterocycles. The third-order valence-corrected chi connectivity index (χ3v) is 4.63. The molecule has 18 heavy (non-hydrogen) atoms. The Morgan fingerprint density at radius 1 is 1.39 bits per heavy atom. The Labute approximate surface area is 118 Å². The van der Waals surface area contributed by atoms with E-state index in [0.29, 0.717) is 10.7 Å². The number of carbonyl (C=O) groups excluding carboxylic acids is 1. The van der Waals surface area contributed by atoms with Crippen LogP contribution in [0.15, 0.2) is 22.7 Å². The zero-order chi connectivity index (χ0) is 13.5. The van der Waals surface area contributed by atoms with E-state index in [2.05, 4.69) is 15.9 Å². The van der Waals surface area contributed by atoms with Crippen LogP contribution in [0.25, 0.3) is 0 Å². The molecule has 1 unspecified atom stereocenters. The Hall–Kier alpha value is -0.630. The number of rotatable bonds is 2. The van der Waals surface area contributed by atoms with Crippen molar-refractivity contribution in [2.24, 2.45) is 5.14 Å². The molecule has 1 heterocycles. The number of hydrogen-bond donors (Lipinski definition) is 1. The van der Waals surface area contributed by atoms with Crippen molar-refractivity contribution < 1.29 is 13.2 Å². The van der Waals surface area contributed by atoms with Gasteiger partial charge in [0, 0.05) is 28.1 Å². The van der Waals surface area contributed by atoms with E-state index in [1.54, 1.807) is 18.2 Å². The molecule has 98 valence electrons. The second kappa shape index (κ2) is 4.80. The summed E-state index contributed by atoms with van der Waals surface area (Å²) >= 11 is 9.16. The fourth-order valence-electron chi connectivity index (χ4n) is 1.84. The molecule has 1 aromatic rings. The second-order valence-electron chi connectivity index (χ2n) is 4.05. The lowest BCUT2D eigenvalue weighted by molar-refractivity contribution is -0.117. The molecule has 0 aliphatic carbocycles. The Morgan fingerprint density at radius 3 is 2.56 bits per heavy atom. The number of halogens is 2. The van der Waals surface area contributed by atoms with E-state index >= 15 is 0 Å². The highest BCUT2D eigenvalue weighted by Crippen LogP contribution is 2.29. The van der Waals surface area contributed by atoms with Gasteiger partial charge < -0.3 is 4.90 Å². The molecule has 1 aromatic carbocycles. The van der Waals surface area contributed by atoms with E-state index in [4.69, 9.17) is 16.7 Å². The molecule has 0 saturated carbocycles. The van der Waals surface area contributed by atoms with E-state index in [1.165, 1.54) is 4.90 Å². The zero-order valence-electron chi connectivity index (χ0n) is 9.14. The molecule has 1 fully saturated rings. The van der Waals surface area contributed by atoms with Gasteiger partial charge in [-0.2, -0.15) is 0 Å². The molecule has 5 nitrogen and oxygen atoms in total. The monoisotopic (exact) mass is 352 g/mol. The molecule has 0 bridgehead atoms. The minimum Gasteiger partial charge on any atom is -0.311 e. The van der Waals surface area contributed by atoms with Crippen molar-refractivity contribution in [1.29, 1.82) is 0 Å². The summed E-state index contributed by atoms with van der Waals surface area (Å²) in [6.07, 6.45) is -0.0943. The van der Waals surface area contributed by atoms with Gasteiger partial charge in [-0.05, 0) is 18.2 Å². The van der Waals surface area contributed by atoms with Gasteiger partial charge in [-0.25, -0.2) is 13.6 Å². The smallest absolute Gasteiger partial charge is 0.228 e. The summed E-state index contributed by atoms with van der Waals surface area (Å²) in [6, 6.07) is 4.99. The molecular weight excluding hydrogens is 344 g/mol. The summed E-state index contributed by atoms with van der Waals surface area (Å²) in [6.45, 7) is 0.0600. The SMILES string of the molecule is NS(=O)(=O)C1CC(=O)N(c2cc(Cl)cc(Br)c2)C1. The summed E-state index contributed by atoms with van der Waals surface area (Å²) < 4.78 is 23.2. The number of amides is 1. The first kappa shape index (κ1) is 13.8. The summed E-state index contributed by atoms with van der Waals surface area (Å²) in [5.74, 6) is -0.275. The minimum absolute atomic E-state index is 0.0600. The molecule has 2 N–H and O–H groups in total. The van der Waals surface area contributed by atoms with Crippen LogP contribution in [0.4, 0.5) is 5.69 Å². The van der Waals surface area contributed by atoms with Gasteiger partial charge in [0.05, 0.1) is 0 Å². The van der Waals surface area contributed by atoms with Crippen LogP contribution in [0, 0.1) is 0 Å². The number of nitrogens with two attached hydrogens (primary N) is 1. The Kier molecular flexibility index (Phi) is 3.68. The van der Waals surface area contributed by atoms with Crippen molar-refractivity contribution in [2.75, 3.05) is 11.4 Å². The topological polar surface area (TPSA) is 80.5 Å². The molecule has 1 aliphatic rings. The third kappa shape index (κ3) is 2.85. The van der Waals surface area contributed by atoms with Crippen LogP contribution < -0.4 is 10.0 Å². The maximum atomic E-state index is 11.8. The van der Waals surface area contributed by atoms with Crippen molar-refractivity contribution in [3.8, 4) is 0 Å². The highest BCUT2D eigenvalue weighted by molar-refractivity contribution is 9.10. The number of carbonyl (C=O) groups is 1. The summed E-state index contributed by atoms with van der Waals surface area (Å²) in [7, 11) is -3.70. The number of nitrogens with zero attached hydrogens (tertiary/aromatic N) is 1. The highest BCUT2D eigenvalue weighted by Gasteiger charge is 2.37. The predicted octanol–water partition coefficient (Wildman–Crippen LogP) is 1.50. The molecular formula is C10H10BrClN2O3S. The average Bonchev–Trinajstić information content (AvgIpc) is 2.58. The quantitative estimate of drug-likeness (QED) is 0.875. The fraction of sp³-hybridized carbons (Fsp3) is 0.300. The lowest BCUT2D eigenvalue weighted by Crippen LogP contribution is -2.32. The first-order valence-electron chi connectivity index (χ1n) is 5.05. The number of anilines is 1. The number of primary sulfonamides is 1. The molecule has 1 amide bonds. The van der Waals surface area contributed by atoms with Crippen molar-refractivity contribution in [3.63, 3.8) is 0 Å². The van der Waals surface area contributed by atoms with Crippen molar-refractivity contribution >= 4 is 49.1 Å². The molecule has 0 aromatic heterocycles. The van der Waals surface area contributed by atoms with E-state index in [0.717, 1.165) is 4.47 Å². The molecule has 0 spiro atoms. The maximum Gasteiger partial charge on any atom is 0.228 e. The summed E-state index contributed by atoms with van der Waals surface area (Å²) in [5.41, 5.74) is 0.561. The molecule has 8 heteroatoms. The number of hydrogen-bond acceptors (Lipinski definition) is 3. The van der Waals surface area contributed by atoms with Crippen LogP contribution in [-0.2, 0) is 14.8 Å². The Morgan fingerprint density at radius 2 is 2.06 bits per heavy atom. The van der Waals surface area contributed by atoms with Gasteiger partial charge in [-0.15, -0.1) is 0 Å². The number of benzene rings is 1. The van der Waals surface area contributed by atoms with Gasteiger partial charge in [0.25, 0.3) is 0 Å². The summed E-state index contributed by atoms with van der Waals surface area (Å²) in [4.78, 5) is 13.2. The van der Waals surface area contributed by atoms with Gasteiger partial charge in [0.1, 0.15) is 5.25 Å². The van der Waals surface area contributed by atoms with Gasteiger partial charge in [0.2, 0.25) is 15.9 Å². The van der Waals surface area contributed by atoms with Crippen molar-refractivity contribution in [2.45, 2.75) is 11.7 Å². The Bertz CT molecular complexity index is 585. The predicted molar refractivity (Wildman–Crippen MR) is 73.0 cm³/mol. The van der Waals surface area contributed by atoms with Crippen LogP contribution in [0.2, 0.25) is 5.02 Å². The molecule has 2 rings (SSSR count). The standard InChI is InChI=1S/C10H10BrClN2O3S/c11-6-1-7(12)3-8(2-6)14-5-9(4-10(14)15)18(13,16)17/h1-3,9H,4-5H2,(H2,13,16,17). The zero-order valence-corrected chi connectivity index (χ0v) is 12.3.